The van der Waals surface area contributed by atoms with Gasteiger partial charge in [0.1, 0.15) is 0 Å². The van der Waals surface area contributed by atoms with Gasteiger partial charge in [-0.2, -0.15) is 0 Å². The highest BCUT2D eigenvalue weighted by Gasteiger charge is 2.29. The zero-order valence-electron chi connectivity index (χ0n) is 10.4. The molecule has 0 unspecified atom stereocenters. The number of halogens is 2. The number of rotatable bonds is 0. The number of nitrogen functional groups attached to an aromatic ring is 2. The van der Waals surface area contributed by atoms with Crippen molar-refractivity contribution in [2.24, 2.45) is 0 Å². The van der Waals surface area contributed by atoms with Gasteiger partial charge in [0.05, 0.1) is 9.79 Å². The van der Waals surface area contributed by atoms with Gasteiger partial charge in [-0.15, -0.1) is 24.8 Å². The van der Waals surface area contributed by atoms with E-state index < -0.39 is 9.84 Å². The number of benzene rings is 2. The molecule has 0 aromatic heterocycles. The van der Waals surface area contributed by atoms with Crippen LogP contribution in [-0.4, -0.2) is 8.42 Å². The molecular weight excluding hydrogens is 319 g/mol. The summed E-state index contributed by atoms with van der Waals surface area (Å²) in [5.41, 5.74) is 13.8. The summed E-state index contributed by atoms with van der Waals surface area (Å²) in [7, 11) is -3.51. The molecule has 0 radical (unpaired) electrons. The number of hydrogen-bond acceptors (Lipinski definition) is 4. The standard InChI is InChI=1S/C13H12N2O2S.2ClH/c14-10-3-1-8-5-9-2-4-11(15)7-13(9)18(16,17)12(8)6-10;;/h1-4,6-7H,5,14-15H2;2*1H. The van der Waals surface area contributed by atoms with Gasteiger partial charge in [-0.3, -0.25) is 0 Å². The van der Waals surface area contributed by atoms with Crippen LogP contribution in [0.4, 0.5) is 11.4 Å². The van der Waals surface area contributed by atoms with Crippen LogP contribution in [0.2, 0.25) is 0 Å². The maximum absolute atomic E-state index is 12.5. The van der Waals surface area contributed by atoms with Crippen LogP contribution in [0.1, 0.15) is 11.1 Å². The summed E-state index contributed by atoms with van der Waals surface area (Å²) < 4.78 is 25.0. The maximum atomic E-state index is 12.5. The fourth-order valence-corrected chi connectivity index (χ4v) is 4.05. The van der Waals surface area contributed by atoms with Gasteiger partial charge < -0.3 is 11.5 Å². The van der Waals surface area contributed by atoms with Gasteiger partial charge in [0, 0.05) is 17.8 Å². The predicted octanol–water partition coefficient (Wildman–Crippen LogP) is 2.43. The third-order valence-electron chi connectivity index (χ3n) is 3.14. The Morgan fingerprint density at radius 1 is 0.800 bits per heavy atom. The van der Waals surface area contributed by atoms with Gasteiger partial charge in [-0.05, 0) is 35.4 Å². The Kier molecular flexibility index (Phi) is 4.59. The summed E-state index contributed by atoms with van der Waals surface area (Å²) in [6.45, 7) is 0. The topological polar surface area (TPSA) is 86.2 Å². The summed E-state index contributed by atoms with van der Waals surface area (Å²) >= 11 is 0. The van der Waals surface area contributed by atoms with Crippen LogP contribution in [0.5, 0.6) is 0 Å². The van der Waals surface area contributed by atoms with Crippen molar-refractivity contribution in [3.05, 3.63) is 47.5 Å². The monoisotopic (exact) mass is 332 g/mol. The molecule has 0 saturated heterocycles. The largest absolute Gasteiger partial charge is 0.399 e. The lowest BCUT2D eigenvalue weighted by atomic mass is 10.0. The fraction of sp³-hybridized carbons (Fsp3) is 0.0769. The van der Waals surface area contributed by atoms with Crippen LogP contribution in [-0.2, 0) is 16.3 Å². The Balaban J connectivity index is 0.000001000. The zero-order valence-corrected chi connectivity index (χ0v) is 12.8. The third-order valence-corrected chi connectivity index (χ3v) is 5.06. The molecule has 0 fully saturated rings. The lowest BCUT2D eigenvalue weighted by Crippen LogP contribution is -2.15. The Hall–Kier alpha value is -1.43. The molecule has 3 rings (SSSR count). The van der Waals surface area contributed by atoms with Gasteiger partial charge in [0.25, 0.3) is 0 Å². The minimum Gasteiger partial charge on any atom is -0.399 e. The second-order valence-electron chi connectivity index (χ2n) is 4.41. The molecule has 1 aliphatic rings. The molecule has 0 atom stereocenters. The maximum Gasteiger partial charge on any atom is 0.207 e. The Morgan fingerprint density at radius 3 is 1.60 bits per heavy atom. The molecule has 2 aromatic carbocycles. The zero-order chi connectivity index (χ0) is 12.9. The highest BCUT2D eigenvalue weighted by atomic mass is 35.5. The van der Waals surface area contributed by atoms with Gasteiger partial charge in [-0.1, -0.05) is 12.1 Å². The second kappa shape index (κ2) is 5.52. The van der Waals surface area contributed by atoms with Crippen molar-refractivity contribution in [2.75, 3.05) is 11.5 Å². The summed E-state index contributed by atoms with van der Waals surface area (Å²) in [6, 6.07) is 9.99. The lowest BCUT2D eigenvalue weighted by Gasteiger charge is -2.20. The van der Waals surface area contributed by atoms with Crippen molar-refractivity contribution in [2.45, 2.75) is 16.2 Å². The summed E-state index contributed by atoms with van der Waals surface area (Å²) in [6.07, 6.45) is 0.588. The Labute approximate surface area is 129 Å². The molecule has 2 aromatic rings. The molecular formula is C13H14Cl2N2O2S. The number of anilines is 2. The van der Waals surface area contributed by atoms with Crippen LogP contribution >= 0.6 is 24.8 Å². The molecule has 0 bridgehead atoms. The van der Waals surface area contributed by atoms with Crippen molar-refractivity contribution in [1.29, 1.82) is 0 Å². The average Bonchev–Trinajstić information content (AvgIpc) is 2.32. The molecule has 20 heavy (non-hydrogen) atoms. The van der Waals surface area contributed by atoms with E-state index in [1.54, 1.807) is 24.3 Å². The van der Waals surface area contributed by atoms with Gasteiger partial charge >= 0.3 is 0 Å². The van der Waals surface area contributed by atoms with E-state index in [-0.39, 0.29) is 24.8 Å². The number of nitrogens with two attached hydrogens (primary N) is 2. The molecule has 108 valence electrons. The molecule has 1 aliphatic heterocycles. The first kappa shape index (κ1) is 16.6. The SMILES string of the molecule is Cl.Cl.Nc1ccc2c(c1)S(=O)(=O)c1cc(N)ccc1C2. The van der Waals surface area contributed by atoms with Crippen molar-refractivity contribution in [1.82, 2.24) is 0 Å². The van der Waals surface area contributed by atoms with E-state index >= 15 is 0 Å². The number of hydrogen-bond donors (Lipinski definition) is 2. The van der Waals surface area contributed by atoms with Crippen LogP contribution in [0.25, 0.3) is 0 Å². The predicted molar refractivity (Wildman–Crippen MR) is 84.5 cm³/mol. The van der Waals surface area contributed by atoms with Crippen molar-refractivity contribution in [3.63, 3.8) is 0 Å². The van der Waals surface area contributed by atoms with E-state index in [0.717, 1.165) is 11.1 Å². The average molecular weight is 333 g/mol. The van der Waals surface area contributed by atoms with E-state index in [2.05, 4.69) is 0 Å². The molecule has 7 heteroatoms. The molecule has 0 spiro atoms. The van der Waals surface area contributed by atoms with Crippen molar-refractivity contribution < 1.29 is 8.42 Å². The molecule has 0 amide bonds. The molecule has 4 N–H and O–H groups in total. The Bertz CT molecular complexity index is 703. The van der Waals surface area contributed by atoms with Gasteiger partial charge in [0.15, 0.2) is 0 Å². The van der Waals surface area contributed by atoms with E-state index in [9.17, 15) is 8.42 Å². The van der Waals surface area contributed by atoms with E-state index in [4.69, 9.17) is 11.5 Å². The summed E-state index contributed by atoms with van der Waals surface area (Å²) in [5, 5.41) is 0. The Morgan fingerprint density at radius 2 is 1.20 bits per heavy atom. The second-order valence-corrected chi connectivity index (χ2v) is 6.30. The van der Waals surface area contributed by atoms with Gasteiger partial charge in [-0.25, -0.2) is 8.42 Å². The summed E-state index contributed by atoms with van der Waals surface area (Å²) in [5.74, 6) is 0. The quantitative estimate of drug-likeness (QED) is 0.619. The van der Waals surface area contributed by atoms with E-state index in [1.807, 2.05) is 0 Å². The van der Waals surface area contributed by atoms with Crippen LogP contribution in [0, 0.1) is 0 Å². The minimum atomic E-state index is -3.51. The smallest absolute Gasteiger partial charge is 0.207 e. The van der Waals surface area contributed by atoms with E-state index in [0.29, 0.717) is 27.6 Å². The molecule has 0 aliphatic carbocycles. The van der Waals surface area contributed by atoms with Crippen LogP contribution < -0.4 is 11.5 Å². The fourth-order valence-electron chi connectivity index (χ4n) is 2.26. The van der Waals surface area contributed by atoms with Crippen molar-refractivity contribution in [3.8, 4) is 0 Å². The molecule has 0 saturated carbocycles. The molecule has 4 nitrogen and oxygen atoms in total. The normalized spacial score (nSPS) is 14.2. The lowest BCUT2D eigenvalue weighted by molar-refractivity contribution is 0.592. The minimum absolute atomic E-state index is 0. The number of fused-ring (bicyclic) bond motifs is 2. The van der Waals surface area contributed by atoms with E-state index in [1.165, 1.54) is 12.1 Å². The summed E-state index contributed by atoms with van der Waals surface area (Å²) in [4.78, 5) is 0.584. The number of sulfone groups is 1. The third kappa shape index (κ3) is 2.44. The first-order valence-electron chi connectivity index (χ1n) is 5.50. The van der Waals surface area contributed by atoms with Crippen molar-refractivity contribution >= 4 is 46.0 Å². The van der Waals surface area contributed by atoms with Crippen LogP contribution in [0.15, 0.2) is 46.2 Å². The highest BCUT2D eigenvalue weighted by molar-refractivity contribution is 7.91. The van der Waals surface area contributed by atoms with Crippen LogP contribution in [0.3, 0.4) is 0 Å². The highest BCUT2D eigenvalue weighted by Crippen LogP contribution is 2.36. The first-order chi connectivity index (χ1) is 8.48. The van der Waals surface area contributed by atoms with Gasteiger partial charge in [0.2, 0.25) is 9.84 Å². The first-order valence-corrected chi connectivity index (χ1v) is 6.99. The molecule has 1 heterocycles.